The van der Waals surface area contributed by atoms with Gasteiger partial charge in [-0.15, -0.1) is 13.2 Å². The average molecular weight is 615 g/mol. The molecule has 3 aromatic rings. The van der Waals surface area contributed by atoms with Gasteiger partial charge in [0, 0.05) is 25.5 Å². The smallest absolute Gasteiger partial charge is 0.404 e. The Morgan fingerprint density at radius 1 is 0.930 bits per heavy atom. The number of anilines is 3. The highest BCUT2D eigenvalue weighted by Crippen LogP contribution is 2.32. The maximum absolute atomic E-state index is 13.0. The molecule has 232 valence electrons. The predicted octanol–water partition coefficient (Wildman–Crippen LogP) is 6.12. The molecule has 1 aliphatic rings. The summed E-state index contributed by atoms with van der Waals surface area (Å²) in [5, 5.41) is 6.38. The van der Waals surface area contributed by atoms with Crippen molar-refractivity contribution in [2.45, 2.75) is 44.3 Å². The van der Waals surface area contributed by atoms with Gasteiger partial charge in [-0.25, -0.2) is 14.6 Å². The third-order valence-electron chi connectivity index (χ3n) is 6.62. The molecule has 0 aliphatic heterocycles. The number of nitrogens with zero attached hydrogens (tertiary/aromatic N) is 4. The quantitative estimate of drug-likeness (QED) is 0.242. The molecule has 4 rings (SSSR count). The number of fused-ring (bicyclic) bond motifs is 1. The van der Waals surface area contributed by atoms with Gasteiger partial charge in [-0.2, -0.15) is 23.2 Å². The third kappa shape index (κ3) is 8.51. The SMILES string of the molecule is CN(C)c1nc(NC2CCC(CN(OC(=O)C(F)(F)F)C(=O)Nc3ccccc3OC(F)(F)F)CC2)nc2ccccc12. The first-order valence-corrected chi connectivity index (χ1v) is 13.1. The van der Waals surface area contributed by atoms with Crippen LogP contribution in [0.25, 0.3) is 10.9 Å². The number of nitrogens with one attached hydrogen (secondary N) is 2. The van der Waals surface area contributed by atoms with E-state index in [1.54, 1.807) is 0 Å². The van der Waals surface area contributed by atoms with E-state index in [-0.39, 0.29) is 17.0 Å². The molecule has 0 bridgehead atoms. The van der Waals surface area contributed by atoms with E-state index in [9.17, 15) is 35.9 Å². The number of alkyl halides is 6. The number of ether oxygens (including phenoxy) is 1. The lowest BCUT2D eigenvalue weighted by Gasteiger charge is -2.32. The Kier molecular flexibility index (Phi) is 9.35. The van der Waals surface area contributed by atoms with Crippen molar-refractivity contribution in [3.05, 3.63) is 48.5 Å². The summed E-state index contributed by atoms with van der Waals surface area (Å²) in [7, 11) is 3.72. The molecule has 0 unspecified atom stereocenters. The van der Waals surface area contributed by atoms with Crippen molar-refractivity contribution in [3.8, 4) is 5.75 Å². The largest absolute Gasteiger partial charge is 0.573 e. The number of amides is 2. The van der Waals surface area contributed by atoms with Crippen molar-refractivity contribution in [1.82, 2.24) is 15.0 Å². The molecule has 2 N–H and O–H groups in total. The van der Waals surface area contributed by atoms with Crippen LogP contribution >= 0.6 is 0 Å². The van der Waals surface area contributed by atoms with E-state index < -0.39 is 42.5 Å². The lowest BCUT2D eigenvalue weighted by molar-refractivity contribution is -0.274. The van der Waals surface area contributed by atoms with Gasteiger partial charge in [-0.1, -0.05) is 24.3 Å². The fourth-order valence-electron chi connectivity index (χ4n) is 4.65. The van der Waals surface area contributed by atoms with Crippen LogP contribution in [0.4, 0.5) is 48.6 Å². The van der Waals surface area contributed by atoms with Crippen molar-refractivity contribution in [2.24, 2.45) is 5.92 Å². The summed E-state index contributed by atoms with van der Waals surface area (Å²) in [6.07, 6.45) is -8.60. The Hall–Kier alpha value is -4.50. The molecule has 1 aromatic heterocycles. The minimum Gasteiger partial charge on any atom is -0.404 e. The van der Waals surface area contributed by atoms with Crippen molar-refractivity contribution in [2.75, 3.05) is 36.2 Å². The standard InChI is InChI=1S/C27H28F6N6O4/c1-38(2)22-18-7-3-4-8-19(18)35-24(37-22)34-17-13-11-16(12-14-17)15-39(43-23(40)26(28,29)30)25(41)36-20-9-5-6-10-21(20)42-27(31,32)33/h3-10,16-17H,11-15H2,1-2H3,(H,36,41)(H,34,35,37). The zero-order chi connectivity index (χ0) is 31.4. The number of carbonyl (C=O) groups is 2. The van der Waals surface area contributed by atoms with Crippen LogP contribution in [0.1, 0.15) is 25.7 Å². The monoisotopic (exact) mass is 614 g/mol. The lowest BCUT2D eigenvalue weighted by Crippen LogP contribution is -2.44. The predicted molar refractivity (Wildman–Crippen MR) is 144 cm³/mol. The Bertz CT molecular complexity index is 1440. The van der Waals surface area contributed by atoms with E-state index in [2.05, 4.69) is 24.9 Å². The summed E-state index contributed by atoms with van der Waals surface area (Å²) < 4.78 is 81.1. The summed E-state index contributed by atoms with van der Waals surface area (Å²) in [5.41, 5.74) is 0.256. The van der Waals surface area contributed by atoms with Gasteiger partial charge in [0.05, 0.1) is 17.7 Å². The summed E-state index contributed by atoms with van der Waals surface area (Å²) in [5.74, 6) is -2.71. The van der Waals surface area contributed by atoms with Crippen molar-refractivity contribution < 1.29 is 45.5 Å². The topological polar surface area (TPSA) is 109 Å². The highest BCUT2D eigenvalue weighted by atomic mass is 19.4. The fraction of sp³-hybridized carbons (Fsp3) is 0.407. The highest BCUT2D eigenvalue weighted by Gasteiger charge is 2.44. The zero-order valence-corrected chi connectivity index (χ0v) is 23.0. The molecule has 2 amide bonds. The minimum atomic E-state index is -5.41. The molecule has 0 spiro atoms. The van der Waals surface area contributed by atoms with Gasteiger partial charge in [0.2, 0.25) is 5.95 Å². The number of urea groups is 1. The molecule has 2 aromatic carbocycles. The second-order valence-corrected chi connectivity index (χ2v) is 10.1. The number of hydrogen-bond acceptors (Lipinski definition) is 8. The second-order valence-electron chi connectivity index (χ2n) is 10.1. The molecule has 1 aliphatic carbocycles. The Balaban J connectivity index is 1.43. The number of halogens is 6. The normalized spacial score (nSPS) is 17.2. The first-order chi connectivity index (χ1) is 20.2. The highest BCUT2D eigenvalue weighted by molar-refractivity contribution is 5.92. The molecule has 0 saturated heterocycles. The van der Waals surface area contributed by atoms with Crippen LogP contribution < -0.4 is 20.3 Å². The van der Waals surface area contributed by atoms with Crippen LogP contribution in [0.3, 0.4) is 0 Å². The van der Waals surface area contributed by atoms with Gasteiger partial charge in [-0.05, 0) is 55.9 Å². The van der Waals surface area contributed by atoms with Crippen LogP contribution in [0.5, 0.6) is 5.75 Å². The molecule has 1 heterocycles. The zero-order valence-electron chi connectivity index (χ0n) is 23.0. The number of benzene rings is 2. The minimum absolute atomic E-state index is 0.0844. The van der Waals surface area contributed by atoms with Gasteiger partial charge in [0.1, 0.15) is 5.82 Å². The summed E-state index contributed by atoms with van der Waals surface area (Å²) in [4.78, 5) is 39.8. The molecule has 1 saturated carbocycles. The Labute approximate surface area is 241 Å². The molecular weight excluding hydrogens is 586 g/mol. The number of carbonyl (C=O) groups excluding carboxylic acids is 2. The first kappa shape index (κ1) is 31.4. The maximum Gasteiger partial charge on any atom is 0.573 e. The van der Waals surface area contributed by atoms with Crippen LogP contribution in [0.2, 0.25) is 0 Å². The molecule has 1 fully saturated rings. The number of para-hydroxylation sites is 3. The maximum atomic E-state index is 13.0. The second kappa shape index (κ2) is 12.8. The molecule has 0 atom stereocenters. The number of hydroxylamine groups is 2. The van der Waals surface area contributed by atoms with Crippen molar-refractivity contribution in [3.63, 3.8) is 0 Å². The van der Waals surface area contributed by atoms with E-state index in [4.69, 9.17) is 0 Å². The third-order valence-corrected chi connectivity index (χ3v) is 6.62. The average Bonchev–Trinajstić information content (AvgIpc) is 2.93. The summed E-state index contributed by atoms with van der Waals surface area (Å²) in [6, 6.07) is 10.5. The number of rotatable bonds is 7. The Morgan fingerprint density at radius 2 is 1.58 bits per heavy atom. The van der Waals surface area contributed by atoms with E-state index in [0.29, 0.717) is 31.6 Å². The number of hydrogen-bond donors (Lipinski definition) is 2. The van der Waals surface area contributed by atoms with E-state index >= 15 is 0 Å². The van der Waals surface area contributed by atoms with Gasteiger partial charge in [0.25, 0.3) is 0 Å². The van der Waals surface area contributed by atoms with Gasteiger partial charge in [0.15, 0.2) is 5.75 Å². The van der Waals surface area contributed by atoms with Crippen molar-refractivity contribution in [1.29, 1.82) is 0 Å². The molecular formula is C27H28F6N6O4. The van der Waals surface area contributed by atoms with E-state index in [1.807, 2.05) is 48.6 Å². The molecule has 16 heteroatoms. The summed E-state index contributed by atoms with van der Waals surface area (Å²) in [6.45, 7) is -0.431. The van der Waals surface area contributed by atoms with Crippen LogP contribution in [-0.2, 0) is 9.63 Å². The molecule has 10 nitrogen and oxygen atoms in total. The van der Waals surface area contributed by atoms with Gasteiger partial charge >= 0.3 is 24.5 Å². The fourth-order valence-corrected chi connectivity index (χ4v) is 4.65. The van der Waals surface area contributed by atoms with Crippen LogP contribution in [0.15, 0.2) is 48.5 Å². The van der Waals surface area contributed by atoms with E-state index in [0.717, 1.165) is 28.9 Å². The van der Waals surface area contributed by atoms with Crippen LogP contribution in [0, 0.1) is 5.92 Å². The summed E-state index contributed by atoms with van der Waals surface area (Å²) >= 11 is 0. The molecule has 0 radical (unpaired) electrons. The van der Waals surface area contributed by atoms with Crippen molar-refractivity contribution >= 4 is 40.4 Å². The number of aromatic nitrogens is 2. The van der Waals surface area contributed by atoms with Gasteiger partial charge < -0.3 is 25.1 Å². The Morgan fingerprint density at radius 3 is 2.23 bits per heavy atom. The van der Waals surface area contributed by atoms with Gasteiger partial charge in [-0.3, -0.25) is 0 Å². The van der Waals surface area contributed by atoms with Crippen LogP contribution in [-0.4, -0.2) is 66.3 Å². The van der Waals surface area contributed by atoms with E-state index in [1.165, 1.54) is 12.1 Å². The lowest BCUT2D eigenvalue weighted by atomic mass is 9.86. The molecule has 43 heavy (non-hydrogen) atoms. The first-order valence-electron chi connectivity index (χ1n) is 13.1.